The number of esters is 1. The highest BCUT2D eigenvalue weighted by Crippen LogP contribution is 2.13. The summed E-state index contributed by atoms with van der Waals surface area (Å²) < 4.78 is 4.82. The lowest BCUT2D eigenvalue weighted by molar-refractivity contribution is -0.384. The van der Waals surface area contributed by atoms with E-state index < -0.39 is 10.9 Å². The number of pyridine rings is 1. The van der Waals surface area contributed by atoms with E-state index in [1.165, 1.54) is 18.3 Å². The molecule has 1 aromatic carbocycles. The van der Waals surface area contributed by atoms with Crippen LogP contribution in [0.2, 0.25) is 0 Å². The van der Waals surface area contributed by atoms with Crippen molar-refractivity contribution in [2.45, 2.75) is 13.5 Å². The second-order valence-corrected chi connectivity index (χ2v) is 5.16. The Morgan fingerprint density at radius 3 is 2.62 bits per heavy atom. The van der Waals surface area contributed by atoms with Crippen molar-refractivity contribution in [1.82, 2.24) is 10.3 Å². The number of ether oxygens (including phenoxy) is 1. The van der Waals surface area contributed by atoms with Crippen LogP contribution in [0.3, 0.4) is 0 Å². The maximum absolute atomic E-state index is 12.4. The minimum absolute atomic E-state index is 0.0159. The van der Waals surface area contributed by atoms with Gasteiger partial charge in [-0.25, -0.2) is 4.98 Å². The summed E-state index contributed by atoms with van der Waals surface area (Å²) in [6.45, 7) is 2.07. The minimum Gasteiger partial charge on any atom is -0.465 e. The number of hydrogen-bond acceptors (Lipinski definition) is 7. The van der Waals surface area contributed by atoms with E-state index in [0.29, 0.717) is 5.56 Å². The number of amides is 1. The lowest BCUT2D eigenvalue weighted by atomic mass is 10.2. The van der Waals surface area contributed by atoms with Crippen molar-refractivity contribution in [3.63, 3.8) is 0 Å². The molecular formula is C17H18N4O5. The highest BCUT2D eigenvalue weighted by atomic mass is 16.6. The van der Waals surface area contributed by atoms with E-state index in [1.54, 1.807) is 31.2 Å². The van der Waals surface area contributed by atoms with Crippen molar-refractivity contribution in [1.29, 1.82) is 0 Å². The topological polar surface area (TPSA) is 123 Å². The predicted molar refractivity (Wildman–Crippen MR) is 93.6 cm³/mol. The smallest absolute Gasteiger partial charge is 0.325 e. The molecule has 136 valence electrons. The van der Waals surface area contributed by atoms with Gasteiger partial charge in [0.15, 0.2) is 0 Å². The van der Waals surface area contributed by atoms with E-state index in [2.05, 4.69) is 15.6 Å². The van der Waals surface area contributed by atoms with Gasteiger partial charge in [-0.2, -0.15) is 0 Å². The van der Waals surface area contributed by atoms with Gasteiger partial charge in [-0.1, -0.05) is 12.1 Å². The normalized spacial score (nSPS) is 10.0. The molecule has 0 saturated carbocycles. The molecule has 0 spiro atoms. The number of aromatic nitrogens is 1. The summed E-state index contributed by atoms with van der Waals surface area (Å²) in [5.74, 6) is -0.569. The van der Waals surface area contributed by atoms with Crippen LogP contribution in [0.25, 0.3) is 0 Å². The third-order valence-electron chi connectivity index (χ3n) is 3.36. The highest BCUT2D eigenvalue weighted by Gasteiger charge is 2.13. The SMILES string of the molecule is CCOC(=O)CNc1ncccc1C(=O)NCc1ccc([N+](=O)[O-])cc1. The number of nitro benzene ring substituents is 1. The van der Waals surface area contributed by atoms with Crippen LogP contribution < -0.4 is 10.6 Å². The lowest BCUT2D eigenvalue weighted by Gasteiger charge is -2.11. The van der Waals surface area contributed by atoms with E-state index in [0.717, 1.165) is 0 Å². The Bertz CT molecular complexity index is 792. The van der Waals surface area contributed by atoms with Crippen LogP contribution in [0, 0.1) is 10.1 Å². The zero-order chi connectivity index (χ0) is 18.9. The van der Waals surface area contributed by atoms with Crippen LogP contribution in [0.5, 0.6) is 0 Å². The Morgan fingerprint density at radius 2 is 1.96 bits per heavy atom. The number of nitrogens with zero attached hydrogens (tertiary/aromatic N) is 2. The van der Waals surface area contributed by atoms with E-state index >= 15 is 0 Å². The van der Waals surface area contributed by atoms with Gasteiger partial charge < -0.3 is 15.4 Å². The van der Waals surface area contributed by atoms with Crippen LogP contribution in [0.1, 0.15) is 22.8 Å². The summed E-state index contributed by atoms with van der Waals surface area (Å²) in [5, 5.41) is 16.1. The minimum atomic E-state index is -0.487. The highest BCUT2D eigenvalue weighted by molar-refractivity contribution is 5.99. The summed E-state index contributed by atoms with van der Waals surface area (Å²) in [5.41, 5.74) is 0.977. The molecule has 1 aromatic heterocycles. The predicted octanol–water partition coefficient (Wildman–Crippen LogP) is 1.89. The number of rotatable bonds is 8. The molecule has 0 bridgehead atoms. The third-order valence-corrected chi connectivity index (χ3v) is 3.36. The summed E-state index contributed by atoms with van der Waals surface area (Å²) in [6, 6.07) is 9.07. The lowest BCUT2D eigenvalue weighted by Crippen LogP contribution is -2.25. The number of hydrogen-bond donors (Lipinski definition) is 2. The van der Waals surface area contributed by atoms with Crippen molar-refractivity contribution < 1.29 is 19.2 Å². The average Bonchev–Trinajstić information content (AvgIpc) is 2.65. The molecule has 0 radical (unpaired) electrons. The first kappa shape index (κ1) is 18.8. The van der Waals surface area contributed by atoms with E-state index in [9.17, 15) is 19.7 Å². The molecule has 0 unspecified atom stereocenters. The van der Waals surface area contributed by atoms with Crippen LogP contribution in [-0.2, 0) is 16.1 Å². The second-order valence-electron chi connectivity index (χ2n) is 5.16. The van der Waals surface area contributed by atoms with Crippen molar-refractivity contribution >= 4 is 23.4 Å². The molecule has 0 atom stereocenters. The first-order chi connectivity index (χ1) is 12.5. The monoisotopic (exact) mass is 358 g/mol. The van der Waals surface area contributed by atoms with Gasteiger partial charge in [-0.05, 0) is 24.6 Å². The van der Waals surface area contributed by atoms with Gasteiger partial charge in [0.1, 0.15) is 12.4 Å². The Morgan fingerprint density at radius 1 is 1.23 bits per heavy atom. The number of nitrogens with one attached hydrogen (secondary N) is 2. The first-order valence-corrected chi connectivity index (χ1v) is 7.87. The first-order valence-electron chi connectivity index (χ1n) is 7.87. The fraction of sp³-hybridized carbons (Fsp3) is 0.235. The van der Waals surface area contributed by atoms with Crippen molar-refractivity contribution in [3.05, 3.63) is 63.8 Å². The summed E-state index contributed by atoms with van der Waals surface area (Å²) in [4.78, 5) is 38.0. The van der Waals surface area contributed by atoms with Gasteiger partial charge in [0.25, 0.3) is 11.6 Å². The quantitative estimate of drug-likeness (QED) is 0.419. The number of non-ortho nitro benzene ring substituents is 1. The zero-order valence-electron chi connectivity index (χ0n) is 14.1. The van der Waals surface area contributed by atoms with Gasteiger partial charge in [0.2, 0.25) is 0 Å². The number of benzene rings is 1. The van der Waals surface area contributed by atoms with Crippen LogP contribution in [-0.4, -0.2) is 34.9 Å². The zero-order valence-corrected chi connectivity index (χ0v) is 14.1. The second kappa shape index (κ2) is 9.11. The van der Waals surface area contributed by atoms with Crippen molar-refractivity contribution in [2.75, 3.05) is 18.5 Å². The molecule has 9 nitrogen and oxygen atoms in total. The Balaban J connectivity index is 1.98. The van der Waals surface area contributed by atoms with Gasteiger partial charge in [0, 0.05) is 24.9 Å². The van der Waals surface area contributed by atoms with Crippen molar-refractivity contribution in [2.24, 2.45) is 0 Å². The average molecular weight is 358 g/mol. The standard InChI is InChI=1S/C17H18N4O5/c1-2-26-15(22)11-19-16-14(4-3-9-18-16)17(23)20-10-12-5-7-13(8-6-12)21(24)25/h3-9H,2,10-11H2,1H3,(H,18,19)(H,20,23). The van der Waals surface area contributed by atoms with Crippen molar-refractivity contribution in [3.8, 4) is 0 Å². The molecule has 2 rings (SSSR count). The molecule has 0 aliphatic rings. The van der Waals surface area contributed by atoms with Crippen LogP contribution in [0.15, 0.2) is 42.6 Å². The number of carbonyl (C=O) groups is 2. The fourth-order valence-electron chi connectivity index (χ4n) is 2.11. The number of carbonyl (C=O) groups excluding carboxylic acids is 2. The van der Waals surface area contributed by atoms with Crippen LogP contribution in [0.4, 0.5) is 11.5 Å². The molecule has 1 amide bonds. The molecular weight excluding hydrogens is 340 g/mol. The van der Waals surface area contributed by atoms with E-state index in [-0.39, 0.29) is 42.7 Å². The third kappa shape index (κ3) is 5.26. The maximum Gasteiger partial charge on any atom is 0.325 e. The van der Waals surface area contributed by atoms with Gasteiger partial charge >= 0.3 is 5.97 Å². The Labute approximate surface area is 149 Å². The van der Waals surface area contributed by atoms with E-state index in [1.807, 2.05) is 0 Å². The molecule has 26 heavy (non-hydrogen) atoms. The fourth-order valence-corrected chi connectivity index (χ4v) is 2.11. The Hall–Kier alpha value is -3.49. The number of anilines is 1. The molecule has 9 heteroatoms. The Kier molecular flexibility index (Phi) is 6.60. The summed E-state index contributed by atoms with van der Waals surface area (Å²) >= 11 is 0. The van der Waals surface area contributed by atoms with Gasteiger partial charge in [-0.3, -0.25) is 19.7 Å². The molecule has 0 aliphatic carbocycles. The van der Waals surface area contributed by atoms with E-state index in [4.69, 9.17) is 4.74 Å². The summed E-state index contributed by atoms with van der Waals surface area (Å²) in [7, 11) is 0. The molecule has 1 heterocycles. The number of nitro groups is 1. The van der Waals surface area contributed by atoms with Crippen LogP contribution >= 0.6 is 0 Å². The molecule has 2 aromatic rings. The summed E-state index contributed by atoms with van der Waals surface area (Å²) in [6.07, 6.45) is 1.50. The van der Waals surface area contributed by atoms with Gasteiger partial charge in [0.05, 0.1) is 17.1 Å². The largest absolute Gasteiger partial charge is 0.465 e. The molecule has 2 N–H and O–H groups in total. The van der Waals surface area contributed by atoms with Gasteiger partial charge in [-0.15, -0.1) is 0 Å². The molecule has 0 saturated heterocycles. The maximum atomic E-state index is 12.4. The molecule has 0 aliphatic heterocycles. The molecule has 0 fully saturated rings.